The summed E-state index contributed by atoms with van der Waals surface area (Å²) >= 11 is 5.82. The minimum absolute atomic E-state index is 0.180. The number of benzene rings is 2. The van der Waals surface area contributed by atoms with Gasteiger partial charge in [-0.3, -0.25) is 14.9 Å². The van der Waals surface area contributed by atoms with Gasteiger partial charge in [-0.15, -0.1) is 0 Å². The molecule has 0 spiro atoms. The number of halogens is 1. The molecule has 0 aliphatic rings. The maximum Gasteiger partial charge on any atom is 0.248 e. The van der Waals surface area contributed by atoms with Crippen LogP contribution in [0.3, 0.4) is 0 Å². The van der Waals surface area contributed by atoms with Gasteiger partial charge in [-0.25, -0.2) is 4.98 Å². The van der Waals surface area contributed by atoms with Crippen molar-refractivity contribution in [3.8, 4) is 0 Å². The largest absolute Gasteiger partial charge is 0.344 e. The number of fused-ring (bicyclic) bond motifs is 1. The van der Waals surface area contributed by atoms with Gasteiger partial charge < -0.3 is 10.3 Å². The number of hydrogen-bond acceptors (Lipinski definition) is 3. The number of amides is 2. The molecule has 128 valence electrons. The first kappa shape index (κ1) is 17.0. The summed E-state index contributed by atoms with van der Waals surface area (Å²) in [5.74, 6) is -0.233. The summed E-state index contributed by atoms with van der Waals surface area (Å²) in [6.45, 7) is 1.62. The van der Waals surface area contributed by atoms with Gasteiger partial charge in [0.25, 0.3) is 0 Å². The molecule has 3 aromatic rings. The van der Waals surface area contributed by atoms with Crippen molar-refractivity contribution in [2.45, 2.75) is 19.4 Å². The Kier molecular flexibility index (Phi) is 5.00. The number of carbonyl (C=O) groups excluding carboxylic acids is 2. The summed E-state index contributed by atoms with van der Waals surface area (Å²) < 4.78 is 0. The van der Waals surface area contributed by atoms with Crippen LogP contribution in [0.5, 0.6) is 0 Å². The SMILES string of the molecule is C[C@H](NC(=O)Cc1ccc(Cl)cc1)C(=O)Nc1nc2ccccc2[nH]1. The average Bonchev–Trinajstić information content (AvgIpc) is 2.99. The third-order valence-corrected chi connectivity index (χ3v) is 3.93. The minimum Gasteiger partial charge on any atom is -0.344 e. The molecule has 3 N–H and O–H groups in total. The first-order chi connectivity index (χ1) is 12.0. The van der Waals surface area contributed by atoms with E-state index in [1.165, 1.54) is 0 Å². The van der Waals surface area contributed by atoms with Gasteiger partial charge in [-0.2, -0.15) is 0 Å². The molecule has 3 rings (SSSR count). The quantitative estimate of drug-likeness (QED) is 0.657. The topological polar surface area (TPSA) is 86.9 Å². The molecule has 6 nitrogen and oxygen atoms in total. The average molecular weight is 357 g/mol. The van der Waals surface area contributed by atoms with Crippen LogP contribution in [0.25, 0.3) is 11.0 Å². The Labute approximate surface area is 149 Å². The second-order valence-electron chi connectivity index (χ2n) is 5.68. The number of nitrogens with zero attached hydrogens (tertiary/aromatic N) is 1. The van der Waals surface area contributed by atoms with Crippen LogP contribution in [0.4, 0.5) is 5.95 Å². The summed E-state index contributed by atoms with van der Waals surface area (Å²) in [4.78, 5) is 31.6. The summed E-state index contributed by atoms with van der Waals surface area (Å²) in [5.41, 5.74) is 2.42. The Morgan fingerprint density at radius 3 is 2.60 bits per heavy atom. The highest BCUT2D eigenvalue weighted by molar-refractivity contribution is 6.30. The van der Waals surface area contributed by atoms with E-state index in [4.69, 9.17) is 11.6 Å². The van der Waals surface area contributed by atoms with E-state index in [0.29, 0.717) is 11.0 Å². The number of para-hydroxylation sites is 2. The zero-order valence-electron chi connectivity index (χ0n) is 13.5. The molecule has 0 saturated heterocycles. The van der Waals surface area contributed by atoms with E-state index >= 15 is 0 Å². The Balaban J connectivity index is 1.56. The van der Waals surface area contributed by atoms with Gasteiger partial charge in [-0.1, -0.05) is 35.9 Å². The van der Waals surface area contributed by atoms with Gasteiger partial charge in [0.1, 0.15) is 6.04 Å². The van der Waals surface area contributed by atoms with Crippen molar-refractivity contribution in [3.05, 3.63) is 59.1 Å². The molecular weight excluding hydrogens is 340 g/mol. The van der Waals surface area contributed by atoms with Crippen LogP contribution in [0.1, 0.15) is 12.5 Å². The highest BCUT2D eigenvalue weighted by Gasteiger charge is 2.17. The number of aromatic nitrogens is 2. The predicted molar refractivity (Wildman–Crippen MR) is 97.5 cm³/mol. The summed E-state index contributed by atoms with van der Waals surface area (Å²) in [6, 6.07) is 13.8. The number of carbonyl (C=O) groups is 2. The van der Waals surface area contributed by atoms with Crippen molar-refractivity contribution < 1.29 is 9.59 Å². The van der Waals surface area contributed by atoms with Crippen LogP contribution >= 0.6 is 11.6 Å². The zero-order valence-corrected chi connectivity index (χ0v) is 14.3. The van der Waals surface area contributed by atoms with Gasteiger partial charge in [0.05, 0.1) is 17.5 Å². The maximum absolute atomic E-state index is 12.2. The molecule has 1 aromatic heterocycles. The molecule has 2 amide bonds. The number of aromatic amines is 1. The summed E-state index contributed by atoms with van der Waals surface area (Å²) in [7, 11) is 0. The fraction of sp³-hybridized carbons (Fsp3) is 0.167. The van der Waals surface area contributed by atoms with Crippen LogP contribution < -0.4 is 10.6 Å². The van der Waals surface area contributed by atoms with Crippen LogP contribution in [0.2, 0.25) is 5.02 Å². The van der Waals surface area contributed by atoms with Crippen molar-refractivity contribution in [2.75, 3.05) is 5.32 Å². The molecule has 0 unspecified atom stereocenters. The second kappa shape index (κ2) is 7.36. The van der Waals surface area contributed by atoms with Gasteiger partial charge in [0.2, 0.25) is 17.8 Å². The van der Waals surface area contributed by atoms with Crippen molar-refractivity contribution in [2.24, 2.45) is 0 Å². The Bertz CT molecular complexity index is 872. The molecule has 0 bridgehead atoms. The van der Waals surface area contributed by atoms with Crippen LogP contribution in [-0.4, -0.2) is 27.8 Å². The minimum atomic E-state index is -0.687. The molecule has 1 atom stereocenters. The normalized spacial score (nSPS) is 11.9. The highest BCUT2D eigenvalue weighted by atomic mass is 35.5. The van der Waals surface area contributed by atoms with Crippen molar-refractivity contribution in [3.63, 3.8) is 0 Å². The number of imidazole rings is 1. The lowest BCUT2D eigenvalue weighted by Gasteiger charge is -2.13. The van der Waals surface area contributed by atoms with Crippen LogP contribution in [0.15, 0.2) is 48.5 Å². The molecule has 0 radical (unpaired) electrons. The van der Waals surface area contributed by atoms with E-state index in [1.54, 1.807) is 31.2 Å². The molecule has 0 aliphatic carbocycles. The number of hydrogen-bond donors (Lipinski definition) is 3. The Hall–Kier alpha value is -2.86. The highest BCUT2D eigenvalue weighted by Crippen LogP contribution is 2.13. The van der Waals surface area contributed by atoms with E-state index in [2.05, 4.69) is 20.6 Å². The van der Waals surface area contributed by atoms with E-state index in [0.717, 1.165) is 16.6 Å². The zero-order chi connectivity index (χ0) is 17.8. The number of nitrogens with one attached hydrogen (secondary N) is 3. The molecule has 1 heterocycles. The fourth-order valence-electron chi connectivity index (χ4n) is 2.38. The lowest BCUT2D eigenvalue weighted by molar-refractivity contribution is -0.125. The third-order valence-electron chi connectivity index (χ3n) is 3.68. The molecule has 0 aliphatic heterocycles. The summed E-state index contributed by atoms with van der Waals surface area (Å²) in [6.07, 6.45) is 0.180. The molecule has 25 heavy (non-hydrogen) atoms. The monoisotopic (exact) mass is 356 g/mol. The maximum atomic E-state index is 12.2. The van der Waals surface area contributed by atoms with E-state index in [-0.39, 0.29) is 18.2 Å². The third kappa shape index (κ3) is 4.36. The van der Waals surface area contributed by atoms with Crippen LogP contribution in [0, 0.1) is 0 Å². The smallest absolute Gasteiger partial charge is 0.248 e. The molecule has 0 saturated carbocycles. The van der Waals surface area contributed by atoms with Gasteiger partial charge in [-0.05, 0) is 36.8 Å². The van der Waals surface area contributed by atoms with Gasteiger partial charge in [0.15, 0.2) is 0 Å². The standard InChI is InChI=1S/C18H17ClN4O2/c1-11(20-16(24)10-12-6-8-13(19)9-7-12)17(25)23-18-21-14-4-2-3-5-15(14)22-18/h2-9,11H,10H2,1H3,(H,20,24)(H2,21,22,23,25)/t11-/m0/s1. The van der Waals surface area contributed by atoms with E-state index in [9.17, 15) is 9.59 Å². The fourth-order valence-corrected chi connectivity index (χ4v) is 2.51. The van der Waals surface area contributed by atoms with Gasteiger partial charge in [0, 0.05) is 5.02 Å². The first-order valence-electron chi connectivity index (χ1n) is 7.80. The Morgan fingerprint density at radius 1 is 1.16 bits per heavy atom. The second-order valence-corrected chi connectivity index (χ2v) is 6.12. The van der Waals surface area contributed by atoms with Crippen molar-refractivity contribution in [1.82, 2.24) is 15.3 Å². The van der Waals surface area contributed by atoms with Crippen molar-refractivity contribution >= 4 is 40.4 Å². The first-order valence-corrected chi connectivity index (χ1v) is 8.18. The van der Waals surface area contributed by atoms with E-state index in [1.807, 2.05) is 24.3 Å². The number of H-pyrrole nitrogens is 1. The van der Waals surface area contributed by atoms with Gasteiger partial charge >= 0.3 is 0 Å². The Morgan fingerprint density at radius 2 is 1.88 bits per heavy atom. The molecule has 7 heteroatoms. The lowest BCUT2D eigenvalue weighted by Crippen LogP contribution is -2.42. The van der Waals surface area contributed by atoms with Crippen molar-refractivity contribution in [1.29, 1.82) is 0 Å². The van der Waals surface area contributed by atoms with E-state index < -0.39 is 6.04 Å². The molecular formula is C18H17ClN4O2. The van der Waals surface area contributed by atoms with Crippen LogP contribution in [-0.2, 0) is 16.0 Å². The molecule has 0 fully saturated rings. The predicted octanol–water partition coefficient (Wildman–Crippen LogP) is 2.90. The number of rotatable bonds is 5. The molecule has 2 aromatic carbocycles. The number of anilines is 1. The lowest BCUT2D eigenvalue weighted by atomic mass is 10.1. The summed E-state index contributed by atoms with van der Waals surface area (Å²) in [5, 5.41) is 5.95.